The molecule has 0 aliphatic rings. The standard InChI is InChI=1S/C23H23BrN2O3/c1-16(23(28)25-2)26(14-17-8-4-3-5-9-17)21(27)15-29-20-13-12-18-10-6-7-11-19(18)22(20)24/h3-13,16H,14-15H2,1-2H3,(H,25,28)/t16-/m1/s1. The van der Waals surface area contributed by atoms with Crippen LogP contribution in [-0.4, -0.2) is 36.4 Å². The van der Waals surface area contributed by atoms with Gasteiger partial charge < -0.3 is 15.0 Å². The Balaban J connectivity index is 1.77. The molecular weight excluding hydrogens is 432 g/mol. The van der Waals surface area contributed by atoms with Gasteiger partial charge in [-0.05, 0) is 45.3 Å². The van der Waals surface area contributed by atoms with E-state index in [1.54, 1.807) is 14.0 Å². The van der Waals surface area contributed by atoms with Crippen LogP contribution in [0.2, 0.25) is 0 Å². The van der Waals surface area contributed by atoms with Crippen molar-refractivity contribution in [3.8, 4) is 5.75 Å². The van der Waals surface area contributed by atoms with Crippen LogP contribution < -0.4 is 10.1 Å². The van der Waals surface area contributed by atoms with Crippen LogP contribution in [0.4, 0.5) is 0 Å². The smallest absolute Gasteiger partial charge is 0.261 e. The molecule has 1 N–H and O–H groups in total. The monoisotopic (exact) mass is 454 g/mol. The molecule has 3 aromatic rings. The maximum atomic E-state index is 13.0. The fraction of sp³-hybridized carbons (Fsp3) is 0.217. The number of carbonyl (C=O) groups is 2. The number of likely N-dealkylation sites (N-methyl/N-ethyl adjacent to an activating group) is 1. The summed E-state index contributed by atoms with van der Waals surface area (Å²) in [6, 6.07) is 20.7. The predicted molar refractivity (Wildman–Crippen MR) is 118 cm³/mol. The number of ether oxygens (including phenoxy) is 1. The van der Waals surface area contributed by atoms with Crippen LogP contribution in [0.5, 0.6) is 5.75 Å². The van der Waals surface area contributed by atoms with Crippen LogP contribution in [-0.2, 0) is 16.1 Å². The minimum absolute atomic E-state index is 0.162. The van der Waals surface area contributed by atoms with E-state index in [2.05, 4.69) is 21.2 Å². The molecule has 0 heterocycles. The molecular formula is C23H23BrN2O3. The Morgan fingerprint density at radius 3 is 2.45 bits per heavy atom. The molecule has 150 valence electrons. The van der Waals surface area contributed by atoms with Gasteiger partial charge in [0.05, 0.1) is 4.47 Å². The summed E-state index contributed by atoms with van der Waals surface area (Å²) in [6.07, 6.45) is 0. The number of hydrogen-bond acceptors (Lipinski definition) is 3. The van der Waals surface area contributed by atoms with Gasteiger partial charge in [0.1, 0.15) is 11.8 Å². The van der Waals surface area contributed by atoms with E-state index < -0.39 is 6.04 Å². The SMILES string of the molecule is CNC(=O)[C@@H](C)N(Cc1ccccc1)C(=O)COc1ccc2ccccc2c1Br. The van der Waals surface area contributed by atoms with Crippen molar-refractivity contribution in [3.63, 3.8) is 0 Å². The van der Waals surface area contributed by atoms with Gasteiger partial charge in [-0.25, -0.2) is 0 Å². The molecule has 0 spiro atoms. The Labute approximate surface area is 178 Å². The Morgan fingerprint density at radius 1 is 1.03 bits per heavy atom. The number of benzene rings is 3. The molecule has 0 saturated heterocycles. The van der Waals surface area contributed by atoms with Gasteiger partial charge in [0.25, 0.3) is 5.91 Å². The van der Waals surface area contributed by atoms with Crippen LogP contribution >= 0.6 is 15.9 Å². The quantitative estimate of drug-likeness (QED) is 0.583. The first-order chi connectivity index (χ1) is 14.0. The van der Waals surface area contributed by atoms with Crippen molar-refractivity contribution in [2.24, 2.45) is 0 Å². The second-order valence-corrected chi connectivity index (χ2v) is 7.48. The van der Waals surface area contributed by atoms with Crippen LogP contribution in [0.1, 0.15) is 12.5 Å². The van der Waals surface area contributed by atoms with Gasteiger partial charge in [0.2, 0.25) is 5.91 Å². The average Bonchev–Trinajstić information content (AvgIpc) is 2.76. The first-order valence-corrected chi connectivity index (χ1v) is 10.2. The van der Waals surface area contributed by atoms with Gasteiger partial charge in [-0.3, -0.25) is 9.59 Å². The van der Waals surface area contributed by atoms with E-state index in [0.717, 1.165) is 20.8 Å². The fourth-order valence-electron chi connectivity index (χ4n) is 3.12. The van der Waals surface area contributed by atoms with Gasteiger partial charge in [-0.1, -0.05) is 60.7 Å². The highest BCUT2D eigenvalue weighted by Crippen LogP contribution is 2.33. The zero-order valence-electron chi connectivity index (χ0n) is 16.4. The minimum atomic E-state index is -0.614. The third kappa shape index (κ3) is 4.95. The Morgan fingerprint density at radius 2 is 1.72 bits per heavy atom. The van der Waals surface area contributed by atoms with Crippen molar-refractivity contribution in [2.75, 3.05) is 13.7 Å². The summed E-state index contributed by atoms with van der Waals surface area (Å²) in [4.78, 5) is 26.7. The van der Waals surface area contributed by atoms with Crippen molar-refractivity contribution in [2.45, 2.75) is 19.5 Å². The molecule has 0 bridgehead atoms. The number of nitrogens with zero attached hydrogens (tertiary/aromatic N) is 1. The molecule has 0 saturated carbocycles. The summed E-state index contributed by atoms with van der Waals surface area (Å²) in [5.74, 6) is 0.107. The molecule has 0 aliphatic heterocycles. The lowest BCUT2D eigenvalue weighted by Gasteiger charge is -2.28. The maximum Gasteiger partial charge on any atom is 0.261 e. The second-order valence-electron chi connectivity index (χ2n) is 6.68. The zero-order valence-corrected chi connectivity index (χ0v) is 18.0. The van der Waals surface area contributed by atoms with Gasteiger partial charge in [-0.2, -0.15) is 0 Å². The number of fused-ring (bicyclic) bond motifs is 1. The van der Waals surface area contributed by atoms with E-state index in [1.807, 2.05) is 66.7 Å². The van der Waals surface area contributed by atoms with Crippen molar-refractivity contribution in [1.29, 1.82) is 0 Å². The normalized spacial score (nSPS) is 11.7. The molecule has 0 radical (unpaired) electrons. The van der Waals surface area contributed by atoms with Gasteiger partial charge >= 0.3 is 0 Å². The highest BCUT2D eigenvalue weighted by molar-refractivity contribution is 9.10. The summed E-state index contributed by atoms with van der Waals surface area (Å²) >= 11 is 3.57. The molecule has 6 heteroatoms. The summed E-state index contributed by atoms with van der Waals surface area (Å²) in [5, 5.41) is 4.70. The first kappa shape index (κ1) is 20.9. The molecule has 0 fully saturated rings. The number of amides is 2. The van der Waals surface area contributed by atoms with Crippen molar-refractivity contribution >= 4 is 38.5 Å². The zero-order chi connectivity index (χ0) is 20.8. The van der Waals surface area contributed by atoms with Crippen molar-refractivity contribution in [3.05, 3.63) is 76.8 Å². The van der Waals surface area contributed by atoms with Crippen molar-refractivity contribution in [1.82, 2.24) is 10.2 Å². The van der Waals surface area contributed by atoms with Crippen LogP contribution in [0, 0.1) is 0 Å². The number of hydrogen-bond donors (Lipinski definition) is 1. The van der Waals surface area contributed by atoms with Gasteiger partial charge in [-0.15, -0.1) is 0 Å². The van der Waals surface area contributed by atoms with Crippen LogP contribution in [0.25, 0.3) is 10.8 Å². The van der Waals surface area contributed by atoms with E-state index in [1.165, 1.54) is 4.90 Å². The van der Waals surface area contributed by atoms with E-state index >= 15 is 0 Å². The molecule has 3 rings (SSSR count). The summed E-state index contributed by atoms with van der Waals surface area (Å²) in [6.45, 7) is 1.88. The van der Waals surface area contributed by atoms with E-state index in [-0.39, 0.29) is 18.4 Å². The Bertz CT molecular complexity index is 1010. The lowest BCUT2D eigenvalue weighted by atomic mass is 10.1. The van der Waals surface area contributed by atoms with E-state index in [0.29, 0.717) is 12.3 Å². The molecule has 1 atom stereocenters. The lowest BCUT2D eigenvalue weighted by Crippen LogP contribution is -2.48. The topological polar surface area (TPSA) is 58.6 Å². The lowest BCUT2D eigenvalue weighted by molar-refractivity contribution is -0.142. The molecule has 0 unspecified atom stereocenters. The third-order valence-corrected chi connectivity index (χ3v) is 5.61. The highest BCUT2D eigenvalue weighted by Gasteiger charge is 2.26. The number of rotatable bonds is 7. The fourth-order valence-corrected chi connectivity index (χ4v) is 3.73. The van der Waals surface area contributed by atoms with E-state index in [4.69, 9.17) is 4.74 Å². The van der Waals surface area contributed by atoms with Crippen LogP contribution in [0.15, 0.2) is 71.2 Å². The summed E-state index contributed by atoms with van der Waals surface area (Å²) in [5.41, 5.74) is 0.948. The second kappa shape index (κ2) is 9.56. The molecule has 29 heavy (non-hydrogen) atoms. The minimum Gasteiger partial charge on any atom is -0.483 e. The van der Waals surface area contributed by atoms with Gasteiger partial charge in [0.15, 0.2) is 6.61 Å². The highest BCUT2D eigenvalue weighted by atomic mass is 79.9. The van der Waals surface area contributed by atoms with E-state index in [9.17, 15) is 9.59 Å². The maximum absolute atomic E-state index is 13.0. The average molecular weight is 455 g/mol. The molecule has 0 aromatic heterocycles. The molecule has 5 nitrogen and oxygen atoms in total. The predicted octanol–water partition coefficient (Wildman–Crippen LogP) is 4.14. The molecule has 3 aromatic carbocycles. The summed E-state index contributed by atoms with van der Waals surface area (Å²) < 4.78 is 6.62. The number of carbonyl (C=O) groups excluding carboxylic acids is 2. The summed E-state index contributed by atoms with van der Waals surface area (Å²) in [7, 11) is 1.56. The Kier molecular flexibility index (Phi) is 6.88. The first-order valence-electron chi connectivity index (χ1n) is 9.36. The van der Waals surface area contributed by atoms with Crippen LogP contribution in [0.3, 0.4) is 0 Å². The Hall–Kier alpha value is -2.86. The molecule has 0 aliphatic carbocycles. The molecule has 2 amide bonds. The van der Waals surface area contributed by atoms with Gasteiger partial charge in [0, 0.05) is 13.6 Å². The number of nitrogens with one attached hydrogen (secondary N) is 1. The third-order valence-electron chi connectivity index (χ3n) is 4.79. The van der Waals surface area contributed by atoms with Crippen molar-refractivity contribution < 1.29 is 14.3 Å². The number of halogens is 1. The largest absolute Gasteiger partial charge is 0.483 e.